The topological polar surface area (TPSA) is 71.7 Å². The molecular formula is C17H28N4O3. The lowest BCUT2D eigenvalue weighted by Gasteiger charge is -2.26. The predicted molar refractivity (Wildman–Crippen MR) is 88.5 cm³/mol. The van der Waals surface area contributed by atoms with Gasteiger partial charge >= 0.3 is 0 Å². The molecule has 2 atom stereocenters. The zero-order valence-corrected chi connectivity index (χ0v) is 14.9. The predicted octanol–water partition coefficient (Wildman–Crippen LogP) is 1.97. The van der Waals surface area contributed by atoms with Gasteiger partial charge in [-0.05, 0) is 26.2 Å². The van der Waals surface area contributed by atoms with Gasteiger partial charge in [-0.15, -0.1) is 0 Å². The third kappa shape index (κ3) is 3.78. The highest BCUT2D eigenvalue weighted by atomic mass is 16.5. The van der Waals surface area contributed by atoms with Crippen molar-refractivity contribution in [3.63, 3.8) is 0 Å². The van der Waals surface area contributed by atoms with Crippen molar-refractivity contribution in [3.05, 3.63) is 11.7 Å². The summed E-state index contributed by atoms with van der Waals surface area (Å²) in [4.78, 5) is 21.3. The van der Waals surface area contributed by atoms with Crippen LogP contribution in [0.4, 0.5) is 0 Å². The molecule has 0 N–H and O–H groups in total. The second kappa shape index (κ2) is 7.61. The molecule has 0 unspecified atom stereocenters. The summed E-state index contributed by atoms with van der Waals surface area (Å²) in [6.07, 6.45) is 2.57. The summed E-state index contributed by atoms with van der Waals surface area (Å²) in [7, 11) is 0. The fourth-order valence-electron chi connectivity index (χ4n) is 3.33. The summed E-state index contributed by atoms with van der Waals surface area (Å²) in [6.45, 7) is 10.2. The minimum absolute atomic E-state index is 0.0720. The number of rotatable bonds is 4. The molecule has 1 aromatic heterocycles. The van der Waals surface area contributed by atoms with E-state index in [2.05, 4.69) is 35.8 Å². The molecule has 0 saturated carbocycles. The van der Waals surface area contributed by atoms with Crippen LogP contribution in [0, 0.1) is 0 Å². The van der Waals surface area contributed by atoms with E-state index in [0.717, 1.165) is 51.3 Å². The first-order valence-corrected chi connectivity index (χ1v) is 9.04. The molecule has 0 aliphatic carbocycles. The minimum atomic E-state index is -0.224. The van der Waals surface area contributed by atoms with Gasteiger partial charge in [0.2, 0.25) is 5.89 Å². The first kappa shape index (κ1) is 17.4. The van der Waals surface area contributed by atoms with Crippen LogP contribution in [0.1, 0.15) is 63.7 Å². The van der Waals surface area contributed by atoms with E-state index < -0.39 is 0 Å². The Morgan fingerprint density at radius 2 is 2.00 bits per heavy atom. The molecule has 0 radical (unpaired) electrons. The number of hydrogen-bond acceptors (Lipinski definition) is 6. The van der Waals surface area contributed by atoms with Crippen molar-refractivity contribution in [2.75, 3.05) is 32.8 Å². The molecule has 24 heavy (non-hydrogen) atoms. The van der Waals surface area contributed by atoms with Gasteiger partial charge in [0, 0.05) is 38.7 Å². The van der Waals surface area contributed by atoms with E-state index in [9.17, 15) is 4.79 Å². The summed E-state index contributed by atoms with van der Waals surface area (Å²) < 4.78 is 11.0. The highest BCUT2D eigenvalue weighted by Gasteiger charge is 2.31. The summed E-state index contributed by atoms with van der Waals surface area (Å²) in [5.74, 6) is 1.83. The summed E-state index contributed by atoms with van der Waals surface area (Å²) in [5, 5.41) is 4.06. The van der Waals surface area contributed by atoms with Crippen LogP contribution in [-0.2, 0) is 9.53 Å². The third-order valence-electron chi connectivity index (χ3n) is 4.93. The molecule has 0 aromatic carbocycles. The molecule has 1 amide bonds. The SMILES string of the molecule is CC(C)c1noc([C@@H](C)N2CCCN(C(=O)[C@@H]3CCCO3)CC2)n1. The lowest BCUT2D eigenvalue weighted by molar-refractivity contribution is -0.140. The maximum absolute atomic E-state index is 12.5. The Hall–Kier alpha value is -1.47. The molecule has 7 nitrogen and oxygen atoms in total. The number of carbonyl (C=O) groups excluding carboxylic acids is 1. The normalized spacial score (nSPS) is 24.3. The first-order chi connectivity index (χ1) is 11.6. The van der Waals surface area contributed by atoms with Gasteiger partial charge < -0.3 is 14.2 Å². The number of amides is 1. The van der Waals surface area contributed by atoms with E-state index in [4.69, 9.17) is 9.26 Å². The van der Waals surface area contributed by atoms with Crippen molar-refractivity contribution in [1.29, 1.82) is 0 Å². The van der Waals surface area contributed by atoms with E-state index >= 15 is 0 Å². The van der Waals surface area contributed by atoms with Crippen molar-refractivity contribution in [3.8, 4) is 0 Å². The van der Waals surface area contributed by atoms with Gasteiger partial charge in [-0.25, -0.2) is 0 Å². The van der Waals surface area contributed by atoms with Crippen LogP contribution < -0.4 is 0 Å². The first-order valence-electron chi connectivity index (χ1n) is 9.04. The molecule has 0 spiro atoms. The van der Waals surface area contributed by atoms with Gasteiger partial charge in [-0.2, -0.15) is 4.98 Å². The zero-order valence-electron chi connectivity index (χ0n) is 14.9. The minimum Gasteiger partial charge on any atom is -0.368 e. The average Bonchev–Trinajstić information content (AvgIpc) is 3.21. The molecule has 2 fully saturated rings. The molecule has 0 bridgehead atoms. The second-order valence-corrected chi connectivity index (χ2v) is 7.04. The van der Waals surface area contributed by atoms with Crippen LogP contribution >= 0.6 is 0 Å². The van der Waals surface area contributed by atoms with Crippen molar-refractivity contribution >= 4 is 5.91 Å². The van der Waals surface area contributed by atoms with Crippen LogP contribution in [-0.4, -0.2) is 64.7 Å². The van der Waals surface area contributed by atoms with E-state index in [0.29, 0.717) is 12.5 Å². The lowest BCUT2D eigenvalue weighted by Crippen LogP contribution is -2.41. The van der Waals surface area contributed by atoms with E-state index in [1.807, 2.05) is 4.90 Å². The van der Waals surface area contributed by atoms with E-state index in [1.165, 1.54) is 0 Å². The van der Waals surface area contributed by atoms with Crippen molar-refractivity contribution in [1.82, 2.24) is 19.9 Å². The molecule has 2 saturated heterocycles. The number of ether oxygens (including phenoxy) is 1. The maximum Gasteiger partial charge on any atom is 0.251 e. The highest BCUT2D eigenvalue weighted by molar-refractivity contribution is 5.81. The molecular weight excluding hydrogens is 308 g/mol. The van der Waals surface area contributed by atoms with Gasteiger partial charge in [-0.1, -0.05) is 19.0 Å². The molecule has 1 aromatic rings. The molecule has 7 heteroatoms. The Balaban J connectivity index is 1.58. The molecule has 2 aliphatic heterocycles. The quantitative estimate of drug-likeness (QED) is 0.837. The van der Waals surface area contributed by atoms with Gasteiger partial charge in [0.05, 0.1) is 6.04 Å². The summed E-state index contributed by atoms with van der Waals surface area (Å²) >= 11 is 0. The largest absolute Gasteiger partial charge is 0.368 e. The summed E-state index contributed by atoms with van der Waals surface area (Å²) in [5.41, 5.74) is 0. The fourth-order valence-corrected chi connectivity index (χ4v) is 3.33. The molecule has 3 rings (SSSR count). The standard InChI is InChI=1S/C17H28N4O3/c1-12(2)15-18-16(24-19-15)13(3)20-7-5-8-21(10-9-20)17(22)14-6-4-11-23-14/h12-14H,4-11H2,1-3H3/t13-,14+/m1/s1. The monoisotopic (exact) mass is 336 g/mol. The van der Waals surface area contributed by atoms with Crippen LogP contribution in [0.5, 0.6) is 0 Å². The number of aromatic nitrogens is 2. The molecule has 2 aliphatic rings. The van der Waals surface area contributed by atoms with Gasteiger partial charge in [-0.3, -0.25) is 9.69 Å². The maximum atomic E-state index is 12.5. The van der Waals surface area contributed by atoms with Crippen LogP contribution in [0.15, 0.2) is 4.52 Å². The fraction of sp³-hybridized carbons (Fsp3) is 0.824. The second-order valence-electron chi connectivity index (χ2n) is 7.04. The molecule has 3 heterocycles. The Morgan fingerprint density at radius 3 is 2.67 bits per heavy atom. The van der Waals surface area contributed by atoms with Gasteiger partial charge in [0.25, 0.3) is 5.91 Å². The lowest BCUT2D eigenvalue weighted by atomic mass is 10.2. The Labute approximate surface area is 143 Å². The third-order valence-corrected chi connectivity index (χ3v) is 4.93. The zero-order chi connectivity index (χ0) is 17.1. The van der Waals surface area contributed by atoms with E-state index in [-0.39, 0.29) is 24.0 Å². The van der Waals surface area contributed by atoms with Crippen LogP contribution in [0.3, 0.4) is 0 Å². The van der Waals surface area contributed by atoms with Crippen molar-refractivity contribution < 1.29 is 14.1 Å². The van der Waals surface area contributed by atoms with Crippen molar-refractivity contribution in [2.24, 2.45) is 0 Å². The summed E-state index contributed by atoms with van der Waals surface area (Å²) in [6, 6.07) is 0.0720. The Kier molecular flexibility index (Phi) is 5.50. The molecule has 134 valence electrons. The number of hydrogen-bond donors (Lipinski definition) is 0. The highest BCUT2D eigenvalue weighted by Crippen LogP contribution is 2.23. The Bertz CT molecular complexity index is 554. The van der Waals surface area contributed by atoms with E-state index in [1.54, 1.807) is 0 Å². The Morgan fingerprint density at radius 1 is 1.17 bits per heavy atom. The van der Waals surface area contributed by atoms with Gasteiger partial charge in [0.1, 0.15) is 6.10 Å². The van der Waals surface area contributed by atoms with Crippen molar-refractivity contribution in [2.45, 2.75) is 58.1 Å². The van der Waals surface area contributed by atoms with Crippen LogP contribution in [0.25, 0.3) is 0 Å². The average molecular weight is 336 g/mol. The number of nitrogens with zero attached hydrogens (tertiary/aromatic N) is 4. The van der Waals surface area contributed by atoms with Crippen LogP contribution in [0.2, 0.25) is 0 Å². The smallest absolute Gasteiger partial charge is 0.251 e. The number of carbonyl (C=O) groups is 1. The van der Waals surface area contributed by atoms with Gasteiger partial charge in [0.15, 0.2) is 5.82 Å².